The van der Waals surface area contributed by atoms with Crippen LogP contribution in [0.25, 0.3) is 0 Å². The van der Waals surface area contributed by atoms with E-state index in [1.165, 1.54) is 51.4 Å². The summed E-state index contributed by atoms with van der Waals surface area (Å²) in [6.45, 7) is 16.8. The van der Waals surface area contributed by atoms with Gasteiger partial charge in [0.05, 0.1) is 0 Å². The van der Waals surface area contributed by atoms with Gasteiger partial charge in [-0.05, 0) is 79.0 Å². The van der Waals surface area contributed by atoms with Gasteiger partial charge in [0.15, 0.2) is 0 Å². The van der Waals surface area contributed by atoms with Gasteiger partial charge in [-0.25, -0.2) is 0 Å². The van der Waals surface area contributed by atoms with Crippen molar-refractivity contribution in [1.29, 1.82) is 0 Å². The third kappa shape index (κ3) is 3.79. The van der Waals surface area contributed by atoms with Crippen LogP contribution in [0.15, 0.2) is 23.8 Å². The summed E-state index contributed by atoms with van der Waals surface area (Å²) in [6.07, 6.45) is 13.1. The molecule has 0 nitrogen and oxygen atoms in total. The molecule has 0 amide bonds. The topological polar surface area (TPSA) is 0 Å². The summed E-state index contributed by atoms with van der Waals surface area (Å²) < 4.78 is 0. The number of hydrogen-bond donors (Lipinski definition) is 0. The van der Waals surface area contributed by atoms with Gasteiger partial charge in [-0.15, -0.1) is 0 Å². The molecule has 0 saturated heterocycles. The predicted molar refractivity (Wildman–Crippen MR) is 120 cm³/mol. The molecule has 1 aromatic carbocycles. The molecule has 0 aliphatic heterocycles. The zero-order valence-electron chi connectivity index (χ0n) is 19.0. The van der Waals surface area contributed by atoms with Crippen molar-refractivity contribution in [3.05, 3.63) is 46.0 Å². The highest BCUT2D eigenvalue weighted by atomic mass is 14.5. The molecule has 2 aliphatic rings. The number of rotatable bonds is 7. The molecule has 2 aliphatic carbocycles. The van der Waals surface area contributed by atoms with Gasteiger partial charge in [0.25, 0.3) is 0 Å². The van der Waals surface area contributed by atoms with Gasteiger partial charge in [0.1, 0.15) is 0 Å². The van der Waals surface area contributed by atoms with E-state index in [1.54, 1.807) is 27.8 Å². The van der Waals surface area contributed by atoms with Crippen LogP contribution in [0.5, 0.6) is 0 Å². The van der Waals surface area contributed by atoms with Crippen LogP contribution in [0, 0.1) is 18.8 Å². The Morgan fingerprint density at radius 2 is 1.81 bits per heavy atom. The SMILES string of the molecule is CCCCCCC(C)(C)c1cc(C)c2c(c1)CC21CC(C)=CCC1C(C)C. The van der Waals surface area contributed by atoms with E-state index in [-0.39, 0.29) is 0 Å². The Balaban J connectivity index is 1.87. The van der Waals surface area contributed by atoms with E-state index < -0.39 is 0 Å². The molecule has 1 spiro atoms. The van der Waals surface area contributed by atoms with E-state index >= 15 is 0 Å². The first kappa shape index (κ1) is 20.7. The second-order valence-corrected chi connectivity index (χ2v) is 10.7. The molecule has 0 heteroatoms. The van der Waals surface area contributed by atoms with Gasteiger partial charge in [0, 0.05) is 5.41 Å². The monoisotopic (exact) mass is 366 g/mol. The average Bonchev–Trinajstić information content (AvgIpc) is 2.56. The molecule has 0 radical (unpaired) electrons. The summed E-state index contributed by atoms with van der Waals surface area (Å²) in [5.41, 5.74) is 8.86. The highest BCUT2D eigenvalue weighted by Crippen LogP contribution is 2.57. The molecule has 0 N–H and O–H groups in total. The number of unbranched alkanes of at least 4 members (excludes halogenated alkanes) is 3. The van der Waals surface area contributed by atoms with Crippen LogP contribution in [0.4, 0.5) is 0 Å². The molecule has 3 rings (SSSR count). The van der Waals surface area contributed by atoms with Gasteiger partial charge >= 0.3 is 0 Å². The molecule has 0 aromatic heterocycles. The minimum Gasteiger partial charge on any atom is -0.0853 e. The lowest BCUT2D eigenvalue weighted by molar-refractivity contribution is 0.161. The van der Waals surface area contributed by atoms with Gasteiger partial charge in [-0.2, -0.15) is 0 Å². The highest BCUT2D eigenvalue weighted by molar-refractivity contribution is 5.55. The van der Waals surface area contributed by atoms with E-state index in [4.69, 9.17) is 0 Å². The fraction of sp³-hybridized carbons (Fsp3) is 0.704. The molecule has 2 atom stereocenters. The Morgan fingerprint density at radius 1 is 1.07 bits per heavy atom. The number of benzene rings is 1. The summed E-state index contributed by atoms with van der Waals surface area (Å²) in [5, 5.41) is 0. The van der Waals surface area contributed by atoms with Crippen LogP contribution >= 0.6 is 0 Å². The Morgan fingerprint density at radius 3 is 2.44 bits per heavy atom. The predicted octanol–water partition coefficient (Wildman–Crippen LogP) is 8.05. The van der Waals surface area contributed by atoms with Crippen molar-refractivity contribution in [2.45, 2.75) is 111 Å². The Bertz CT molecular complexity index is 686. The van der Waals surface area contributed by atoms with Crippen molar-refractivity contribution >= 4 is 0 Å². The lowest BCUT2D eigenvalue weighted by Gasteiger charge is -2.54. The first-order valence-corrected chi connectivity index (χ1v) is 11.5. The average molecular weight is 367 g/mol. The van der Waals surface area contributed by atoms with Crippen molar-refractivity contribution in [1.82, 2.24) is 0 Å². The Kier molecular flexibility index (Phi) is 5.95. The number of aryl methyl sites for hydroxylation is 1. The number of hydrogen-bond acceptors (Lipinski definition) is 0. The Labute approximate surface area is 168 Å². The van der Waals surface area contributed by atoms with Crippen LogP contribution < -0.4 is 0 Å². The first-order valence-electron chi connectivity index (χ1n) is 11.5. The fourth-order valence-corrected chi connectivity index (χ4v) is 6.19. The van der Waals surface area contributed by atoms with Crippen LogP contribution in [-0.4, -0.2) is 0 Å². The molecule has 0 bridgehead atoms. The number of fused-ring (bicyclic) bond motifs is 2. The molecule has 27 heavy (non-hydrogen) atoms. The molecular weight excluding hydrogens is 324 g/mol. The molecule has 2 unspecified atom stereocenters. The lowest BCUT2D eigenvalue weighted by Crippen LogP contribution is -2.49. The van der Waals surface area contributed by atoms with E-state index in [2.05, 4.69) is 66.7 Å². The van der Waals surface area contributed by atoms with Gasteiger partial charge in [-0.3, -0.25) is 0 Å². The Hall–Kier alpha value is -1.04. The second-order valence-electron chi connectivity index (χ2n) is 10.7. The van der Waals surface area contributed by atoms with Gasteiger partial charge in [0.2, 0.25) is 0 Å². The second kappa shape index (κ2) is 7.76. The summed E-state index contributed by atoms with van der Waals surface area (Å²) in [6, 6.07) is 5.13. The van der Waals surface area contributed by atoms with Crippen molar-refractivity contribution < 1.29 is 0 Å². The quantitative estimate of drug-likeness (QED) is 0.338. The normalized spacial score (nSPS) is 24.7. The van der Waals surface area contributed by atoms with E-state index in [1.807, 2.05) is 0 Å². The first-order chi connectivity index (χ1) is 12.7. The van der Waals surface area contributed by atoms with Crippen LogP contribution in [0.2, 0.25) is 0 Å². The van der Waals surface area contributed by atoms with Crippen LogP contribution in [-0.2, 0) is 17.3 Å². The smallest absolute Gasteiger partial charge is 0.00693 e. The molecule has 0 heterocycles. The standard InChI is InChI=1S/C27H42/c1-8-9-10-11-14-26(6,7)23-15-21(5)25-22(16-23)18-27(25)17-20(4)12-13-24(27)19(2)3/h12,15-16,19,24H,8-11,13-14,17-18H2,1-7H3. The molecule has 0 fully saturated rings. The van der Waals surface area contributed by atoms with Crippen molar-refractivity contribution in [2.75, 3.05) is 0 Å². The van der Waals surface area contributed by atoms with Crippen molar-refractivity contribution in [3.63, 3.8) is 0 Å². The summed E-state index contributed by atoms with van der Waals surface area (Å²) in [5.74, 6) is 1.57. The minimum atomic E-state index is 0.302. The molecular formula is C27H42. The largest absolute Gasteiger partial charge is 0.0853 e. The van der Waals surface area contributed by atoms with Crippen molar-refractivity contribution in [3.8, 4) is 0 Å². The van der Waals surface area contributed by atoms with E-state index in [0.717, 1.165) is 11.8 Å². The van der Waals surface area contributed by atoms with Crippen LogP contribution in [0.3, 0.4) is 0 Å². The maximum Gasteiger partial charge on any atom is 0.00693 e. The molecule has 1 aromatic rings. The zero-order chi connectivity index (χ0) is 19.8. The maximum atomic E-state index is 2.58. The molecule has 0 saturated carbocycles. The lowest BCUT2D eigenvalue weighted by atomic mass is 9.49. The fourth-order valence-electron chi connectivity index (χ4n) is 6.19. The third-order valence-electron chi connectivity index (χ3n) is 7.69. The summed E-state index contributed by atoms with van der Waals surface area (Å²) in [4.78, 5) is 0. The third-order valence-corrected chi connectivity index (χ3v) is 7.69. The summed E-state index contributed by atoms with van der Waals surface area (Å²) in [7, 11) is 0. The van der Waals surface area contributed by atoms with Gasteiger partial charge in [-0.1, -0.05) is 84.1 Å². The maximum absolute atomic E-state index is 2.58. The van der Waals surface area contributed by atoms with E-state index in [0.29, 0.717) is 10.8 Å². The summed E-state index contributed by atoms with van der Waals surface area (Å²) >= 11 is 0. The van der Waals surface area contributed by atoms with Crippen LogP contribution in [0.1, 0.15) is 109 Å². The zero-order valence-corrected chi connectivity index (χ0v) is 19.0. The molecule has 150 valence electrons. The minimum absolute atomic E-state index is 0.302. The van der Waals surface area contributed by atoms with Gasteiger partial charge < -0.3 is 0 Å². The van der Waals surface area contributed by atoms with Crippen molar-refractivity contribution in [2.24, 2.45) is 11.8 Å². The van der Waals surface area contributed by atoms with E-state index in [9.17, 15) is 0 Å². The highest BCUT2D eigenvalue weighted by Gasteiger charge is 2.51. The number of allylic oxidation sites excluding steroid dienone is 2.